The highest BCUT2D eigenvalue weighted by molar-refractivity contribution is 7.99. The minimum absolute atomic E-state index is 0.191. The summed E-state index contributed by atoms with van der Waals surface area (Å²) in [7, 11) is 1.70. The van der Waals surface area contributed by atoms with Gasteiger partial charge in [0, 0.05) is 26.4 Å². The lowest BCUT2D eigenvalue weighted by molar-refractivity contribution is -0.0931. The second-order valence-electron chi connectivity index (χ2n) is 5.75. The van der Waals surface area contributed by atoms with Gasteiger partial charge in [0.25, 0.3) is 0 Å². The number of rotatable bonds is 8. The van der Waals surface area contributed by atoms with E-state index in [0.29, 0.717) is 19.3 Å². The molecule has 2 saturated heterocycles. The molecule has 1 spiro atoms. The zero-order valence-corrected chi connectivity index (χ0v) is 13.5. The van der Waals surface area contributed by atoms with E-state index in [1.54, 1.807) is 7.11 Å². The molecule has 4 nitrogen and oxygen atoms in total. The van der Waals surface area contributed by atoms with E-state index in [4.69, 9.17) is 14.2 Å². The topological polar surface area (TPSA) is 39.7 Å². The van der Waals surface area contributed by atoms with Gasteiger partial charge in [0.05, 0.1) is 18.8 Å². The van der Waals surface area contributed by atoms with Gasteiger partial charge in [0.2, 0.25) is 0 Å². The van der Waals surface area contributed by atoms with Crippen LogP contribution < -0.4 is 5.32 Å². The fraction of sp³-hybridized carbons (Fsp3) is 1.00. The number of methoxy groups -OCH3 is 1. The van der Waals surface area contributed by atoms with Crippen molar-refractivity contribution in [3.05, 3.63) is 0 Å². The van der Waals surface area contributed by atoms with Crippen molar-refractivity contribution in [2.45, 2.75) is 43.7 Å². The third-order valence-electron chi connectivity index (χ3n) is 4.23. The summed E-state index contributed by atoms with van der Waals surface area (Å²) in [4.78, 5) is 0. The molecule has 2 fully saturated rings. The van der Waals surface area contributed by atoms with Crippen LogP contribution in [0.4, 0.5) is 0 Å². The van der Waals surface area contributed by atoms with E-state index < -0.39 is 0 Å². The van der Waals surface area contributed by atoms with Crippen LogP contribution in [0.3, 0.4) is 0 Å². The molecule has 0 radical (unpaired) electrons. The highest BCUT2D eigenvalue weighted by Crippen LogP contribution is 2.37. The number of hydrogen-bond acceptors (Lipinski definition) is 5. The lowest BCUT2D eigenvalue weighted by Gasteiger charge is -2.43. The minimum atomic E-state index is 0.191. The van der Waals surface area contributed by atoms with Crippen LogP contribution in [0, 0.1) is 0 Å². The fourth-order valence-corrected chi connectivity index (χ4v) is 4.26. The molecular weight excluding hydrogens is 274 g/mol. The molecule has 0 aromatic carbocycles. The predicted molar refractivity (Wildman–Crippen MR) is 83.6 cm³/mol. The quantitative estimate of drug-likeness (QED) is 0.695. The average molecular weight is 303 g/mol. The Bertz CT molecular complexity index is 254. The van der Waals surface area contributed by atoms with Crippen molar-refractivity contribution in [3.63, 3.8) is 0 Å². The molecule has 0 aromatic heterocycles. The number of thioether (sulfide) groups is 1. The molecule has 118 valence electrons. The van der Waals surface area contributed by atoms with E-state index in [2.05, 4.69) is 17.1 Å². The van der Waals surface area contributed by atoms with Crippen LogP contribution in [0.2, 0.25) is 0 Å². The van der Waals surface area contributed by atoms with Gasteiger partial charge >= 0.3 is 0 Å². The van der Waals surface area contributed by atoms with Crippen LogP contribution in [-0.4, -0.2) is 63.2 Å². The molecule has 0 saturated carbocycles. The van der Waals surface area contributed by atoms with Crippen LogP contribution in [0.1, 0.15) is 32.1 Å². The zero-order valence-electron chi connectivity index (χ0n) is 12.7. The molecule has 2 aliphatic heterocycles. The highest BCUT2D eigenvalue weighted by Gasteiger charge is 2.38. The average Bonchev–Trinajstić information content (AvgIpc) is 2.47. The van der Waals surface area contributed by atoms with Gasteiger partial charge < -0.3 is 19.5 Å². The summed E-state index contributed by atoms with van der Waals surface area (Å²) >= 11 is 2.07. The Kier molecular flexibility index (Phi) is 7.66. The number of nitrogens with one attached hydrogen (secondary N) is 1. The van der Waals surface area contributed by atoms with Crippen molar-refractivity contribution in [1.82, 2.24) is 5.32 Å². The van der Waals surface area contributed by atoms with Crippen molar-refractivity contribution >= 4 is 11.8 Å². The van der Waals surface area contributed by atoms with Crippen LogP contribution >= 0.6 is 11.8 Å². The summed E-state index contributed by atoms with van der Waals surface area (Å²) in [6.07, 6.45) is 5.88. The van der Waals surface area contributed by atoms with Crippen molar-refractivity contribution in [1.29, 1.82) is 0 Å². The van der Waals surface area contributed by atoms with E-state index >= 15 is 0 Å². The molecule has 0 amide bonds. The molecule has 2 rings (SSSR count). The first-order valence-electron chi connectivity index (χ1n) is 7.86. The van der Waals surface area contributed by atoms with Gasteiger partial charge in [-0.3, -0.25) is 0 Å². The van der Waals surface area contributed by atoms with E-state index in [-0.39, 0.29) is 5.60 Å². The molecular formula is C15H29NO3S. The monoisotopic (exact) mass is 303 g/mol. The predicted octanol–water partition coefficient (Wildman–Crippen LogP) is 2.07. The summed E-state index contributed by atoms with van der Waals surface area (Å²) in [5, 5.41) is 3.69. The molecule has 1 atom stereocenters. The molecule has 2 aliphatic rings. The summed E-state index contributed by atoms with van der Waals surface area (Å²) in [5.41, 5.74) is 0.191. The molecule has 0 aromatic rings. The van der Waals surface area contributed by atoms with Crippen LogP contribution in [0.15, 0.2) is 0 Å². The Balaban J connectivity index is 1.56. The first-order valence-corrected chi connectivity index (χ1v) is 9.02. The molecule has 5 heteroatoms. The first kappa shape index (κ1) is 16.6. The van der Waals surface area contributed by atoms with Crippen molar-refractivity contribution < 1.29 is 14.2 Å². The lowest BCUT2D eigenvalue weighted by Crippen LogP contribution is -2.49. The summed E-state index contributed by atoms with van der Waals surface area (Å²) in [6.45, 7) is 4.18. The second kappa shape index (κ2) is 9.26. The Morgan fingerprint density at radius 1 is 1.25 bits per heavy atom. The van der Waals surface area contributed by atoms with Gasteiger partial charge in [-0.15, -0.1) is 0 Å². The third kappa shape index (κ3) is 5.53. The Hall–Kier alpha value is 0.190. The fourth-order valence-electron chi connectivity index (χ4n) is 3.02. The van der Waals surface area contributed by atoms with Gasteiger partial charge in [0.15, 0.2) is 0 Å². The summed E-state index contributed by atoms with van der Waals surface area (Å²) in [5.74, 6) is 2.53. The van der Waals surface area contributed by atoms with Gasteiger partial charge in [-0.2, -0.15) is 11.8 Å². The standard InChI is InChI=1S/C15H29NO3S/c1-17-9-10-18-7-2-6-16-14-3-8-19-15(13-14)4-11-20-12-5-15/h14,16H,2-13H2,1H3. The Labute approximate surface area is 127 Å². The summed E-state index contributed by atoms with van der Waals surface area (Å²) < 4.78 is 16.5. The Morgan fingerprint density at radius 2 is 2.10 bits per heavy atom. The van der Waals surface area contributed by atoms with E-state index in [9.17, 15) is 0 Å². The SMILES string of the molecule is COCCOCCCNC1CCOC2(CCSCC2)C1. The van der Waals surface area contributed by atoms with Crippen molar-refractivity contribution in [3.8, 4) is 0 Å². The van der Waals surface area contributed by atoms with Gasteiger partial charge in [-0.25, -0.2) is 0 Å². The van der Waals surface area contributed by atoms with Crippen LogP contribution in [-0.2, 0) is 14.2 Å². The van der Waals surface area contributed by atoms with E-state index in [1.165, 1.54) is 30.8 Å². The molecule has 0 aliphatic carbocycles. The molecule has 0 bridgehead atoms. The van der Waals surface area contributed by atoms with Gasteiger partial charge in [-0.1, -0.05) is 0 Å². The lowest BCUT2D eigenvalue weighted by atomic mass is 9.85. The molecule has 20 heavy (non-hydrogen) atoms. The minimum Gasteiger partial charge on any atom is -0.382 e. The maximum Gasteiger partial charge on any atom is 0.0713 e. The molecule has 1 unspecified atom stereocenters. The second-order valence-corrected chi connectivity index (χ2v) is 6.97. The van der Waals surface area contributed by atoms with E-state index in [1.807, 2.05) is 0 Å². The maximum absolute atomic E-state index is 6.12. The highest BCUT2D eigenvalue weighted by atomic mass is 32.2. The normalized spacial score (nSPS) is 25.9. The van der Waals surface area contributed by atoms with Gasteiger partial charge in [-0.05, 0) is 50.2 Å². The van der Waals surface area contributed by atoms with Crippen LogP contribution in [0.25, 0.3) is 0 Å². The van der Waals surface area contributed by atoms with Gasteiger partial charge in [0.1, 0.15) is 0 Å². The molecule has 1 N–H and O–H groups in total. The molecule has 2 heterocycles. The third-order valence-corrected chi connectivity index (χ3v) is 5.21. The zero-order chi connectivity index (χ0) is 14.1. The largest absolute Gasteiger partial charge is 0.382 e. The van der Waals surface area contributed by atoms with E-state index in [0.717, 1.165) is 32.6 Å². The van der Waals surface area contributed by atoms with Crippen molar-refractivity contribution in [2.75, 3.05) is 51.6 Å². The first-order chi connectivity index (χ1) is 9.85. The number of hydrogen-bond donors (Lipinski definition) is 1. The summed E-state index contributed by atoms with van der Waals surface area (Å²) in [6, 6.07) is 0.630. The number of ether oxygens (including phenoxy) is 3. The van der Waals surface area contributed by atoms with Crippen molar-refractivity contribution in [2.24, 2.45) is 0 Å². The van der Waals surface area contributed by atoms with Crippen LogP contribution in [0.5, 0.6) is 0 Å². The maximum atomic E-state index is 6.12. The smallest absolute Gasteiger partial charge is 0.0713 e. The Morgan fingerprint density at radius 3 is 2.90 bits per heavy atom.